The lowest BCUT2D eigenvalue weighted by molar-refractivity contribution is 0.121. The second-order valence-electron chi connectivity index (χ2n) is 7.43. The zero-order valence-corrected chi connectivity index (χ0v) is 18.2. The van der Waals surface area contributed by atoms with Crippen LogP contribution in [0.1, 0.15) is 25.2 Å². The molecule has 0 unspecified atom stereocenters. The summed E-state index contributed by atoms with van der Waals surface area (Å²) in [5.74, 6) is 1.99. The number of ether oxygens (including phenoxy) is 1. The fourth-order valence-electron chi connectivity index (χ4n) is 3.95. The molecular weight excluding hydrogens is 386 g/mol. The molecule has 0 aliphatic carbocycles. The van der Waals surface area contributed by atoms with Gasteiger partial charge >= 0.3 is 0 Å². The standard InChI is InChI=1S/C21H29N5O2S/c1-4-18-17(16-8-6-7-9-19(16)28-18)14-23(3)15-26-21(29)25(5-2)20(22-26)24-10-12-27-13-11-24/h6-9H,4-5,10-15H2,1-3H3. The summed E-state index contributed by atoms with van der Waals surface area (Å²) in [6, 6.07) is 8.25. The molecule has 0 bridgehead atoms. The first-order valence-electron chi connectivity index (χ1n) is 10.3. The topological polar surface area (TPSA) is 51.6 Å². The fraction of sp³-hybridized carbons (Fsp3) is 0.524. The molecule has 0 spiro atoms. The van der Waals surface area contributed by atoms with Crippen LogP contribution in [-0.2, 0) is 30.9 Å². The van der Waals surface area contributed by atoms with E-state index in [0.717, 1.165) is 67.9 Å². The smallest absolute Gasteiger partial charge is 0.226 e. The summed E-state index contributed by atoms with van der Waals surface area (Å²) in [4.78, 5) is 4.50. The van der Waals surface area contributed by atoms with Crippen molar-refractivity contribution in [3.05, 3.63) is 40.4 Å². The summed E-state index contributed by atoms with van der Waals surface area (Å²) in [6.45, 7) is 9.63. The number of hydrogen-bond acceptors (Lipinski definition) is 6. The Morgan fingerprint density at radius 1 is 1.17 bits per heavy atom. The van der Waals surface area contributed by atoms with E-state index in [2.05, 4.69) is 47.4 Å². The second kappa shape index (κ2) is 8.69. The fourth-order valence-corrected chi connectivity index (χ4v) is 4.26. The van der Waals surface area contributed by atoms with Gasteiger partial charge in [0.1, 0.15) is 11.3 Å². The highest BCUT2D eigenvalue weighted by atomic mass is 32.1. The van der Waals surface area contributed by atoms with Gasteiger partial charge in [-0.3, -0.25) is 9.47 Å². The van der Waals surface area contributed by atoms with Gasteiger partial charge in [0.05, 0.1) is 19.9 Å². The van der Waals surface area contributed by atoms with Gasteiger partial charge in [0.15, 0.2) is 0 Å². The van der Waals surface area contributed by atoms with Gasteiger partial charge in [-0.15, -0.1) is 5.10 Å². The first-order chi connectivity index (χ1) is 14.1. The van der Waals surface area contributed by atoms with Crippen molar-refractivity contribution < 1.29 is 9.15 Å². The summed E-state index contributed by atoms with van der Waals surface area (Å²) < 4.78 is 16.3. The molecule has 0 amide bonds. The average Bonchev–Trinajstić information content (AvgIpc) is 3.26. The van der Waals surface area contributed by atoms with Crippen molar-refractivity contribution in [2.45, 2.75) is 40.0 Å². The summed E-state index contributed by atoms with van der Waals surface area (Å²) in [7, 11) is 2.10. The summed E-state index contributed by atoms with van der Waals surface area (Å²) in [6.07, 6.45) is 0.878. The maximum absolute atomic E-state index is 6.05. The average molecular weight is 416 g/mol. The highest BCUT2D eigenvalue weighted by molar-refractivity contribution is 7.71. The Morgan fingerprint density at radius 3 is 2.66 bits per heavy atom. The molecule has 1 saturated heterocycles. The largest absolute Gasteiger partial charge is 0.461 e. The van der Waals surface area contributed by atoms with Crippen LogP contribution < -0.4 is 4.90 Å². The quantitative estimate of drug-likeness (QED) is 0.549. The van der Waals surface area contributed by atoms with Crippen LogP contribution in [-0.4, -0.2) is 52.6 Å². The molecule has 1 aromatic carbocycles. The van der Waals surface area contributed by atoms with E-state index in [1.807, 2.05) is 16.8 Å². The van der Waals surface area contributed by atoms with Gasteiger partial charge in [-0.25, -0.2) is 4.68 Å². The van der Waals surface area contributed by atoms with Crippen molar-refractivity contribution in [1.82, 2.24) is 19.2 Å². The monoisotopic (exact) mass is 415 g/mol. The molecule has 3 aromatic rings. The molecule has 7 nitrogen and oxygen atoms in total. The molecule has 156 valence electrons. The molecule has 0 atom stereocenters. The van der Waals surface area contributed by atoms with E-state index in [0.29, 0.717) is 6.67 Å². The van der Waals surface area contributed by atoms with E-state index >= 15 is 0 Å². The van der Waals surface area contributed by atoms with E-state index in [1.165, 1.54) is 10.9 Å². The Morgan fingerprint density at radius 2 is 1.93 bits per heavy atom. The van der Waals surface area contributed by atoms with Gasteiger partial charge in [-0.2, -0.15) is 0 Å². The van der Waals surface area contributed by atoms with E-state index in [1.54, 1.807) is 0 Å². The third-order valence-corrected chi connectivity index (χ3v) is 5.85. The normalized spacial score (nSPS) is 15.0. The number of benzene rings is 1. The van der Waals surface area contributed by atoms with Crippen LogP contribution >= 0.6 is 12.2 Å². The lowest BCUT2D eigenvalue weighted by atomic mass is 10.1. The minimum absolute atomic E-state index is 0.631. The van der Waals surface area contributed by atoms with E-state index < -0.39 is 0 Å². The number of furan rings is 1. The molecule has 3 heterocycles. The van der Waals surface area contributed by atoms with Crippen molar-refractivity contribution in [3.8, 4) is 0 Å². The van der Waals surface area contributed by atoms with Crippen LogP contribution in [0.5, 0.6) is 0 Å². The Hall–Kier alpha value is -2.16. The van der Waals surface area contributed by atoms with Crippen molar-refractivity contribution in [1.29, 1.82) is 0 Å². The van der Waals surface area contributed by atoms with Gasteiger partial charge in [0, 0.05) is 43.5 Å². The molecule has 0 N–H and O–H groups in total. The maximum Gasteiger partial charge on any atom is 0.226 e. The van der Waals surface area contributed by atoms with Gasteiger partial charge in [0.25, 0.3) is 0 Å². The number of fused-ring (bicyclic) bond motifs is 1. The van der Waals surface area contributed by atoms with Gasteiger partial charge in [-0.05, 0) is 32.3 Å². The third kappa shape index (κ3) is 3.97. The zero-order valence-electron chi connectivity index (χ0n) is 17.4. The highest BCUT2D eigenvalue weighted by Crippen LogP contribution is 2.27. The van der Waals surface area contributed by atoms with Crippen LogP contribution in [0.15, 0.2) is 28.7 Å². The van der Waals surface area contributed by atoms with Crippen LogP contribution in [0.4, 0.5) is 5.95 Å². The first kappa shape index (κ1) is 20.1. The Kier molecular flexibility index (Phi) is 6.03. The SMILES string of the molecule is CCc1oc2ccccc2c1CN(C)Cn1nc(N2CCOCC2)n(CC)c1=S. The van der Waals surface area contributed by atoms with E-state index in [-0.39, 0.29) is 0 Å². The number of morpholine rings is 1. The Bertz CT molecular complexity index is 1030. The number of hydrogen-bond donors (Lipinski definition) is 0. The van der Waals surface area contributed by atoms with E-state index in [9.17, 15) is 0 Å². The highest BCUT2D eigenvalue weighted by Gasteiger charge is 2.20. The molecule has 1 aliphatic heterocycles. The number of aromatic nitrogens is 3. The molecule has 29 heavy (non-hydrogen) atoms. The molecule has 2 aromatic heterocycles. The number of rotatable bonds is 7. The summed E-state index contributed by atoms with van der Waals surface area (Å²) in [5.41, 5.74) is 2.20. The lowest BCUT2D eigenvalue weighted by Gasteiger charge is -2.27. The maximum atomic E-state index is 6.05. The number of para-hydroxylation sites is 1. The minimum atomic E-state index is 0.631. The van der Waals surface area contributed by atoms with Crippen LogP contribution in [0.3, 0.4) is 0 Å². The predicted molar refractivity (Wildman–Crippen MR) is 117 cm³/mol. The molecule has 1 aliphatic rings. The van der Waals surface area contributed by atoms with Crippen molar-refractivity contribution in [3.63, 3.8) is 0 Å². The van der Waals surface area contributed by atoms with Gasteiger partial charge < -0.3 is 14.1 Å². The summed E-state index contributed by atoms with van der Waals surface area (Å²) in [5, 5.41) is 6.05. The van der Waals surface area contributed by atoms with Crippen molar-refractivity contribution in [2.75, 3.05) is 38.3 Å². The van der Waals surface area contributed by atoms with Gasteiger partial charge in [0.2, 0.25) is 10.7 Å². The van der Waals surface area contributed by atoms with Gasteiger partial charge in [-0.1, -0.05) is 25.1 Å². The van der Waals surface area contributed by atoms with Crippen LogP contribution in [0.25, 0.3) is 11.0 Å². The first-order valence-corrected chi connectivity index (χ1v) is 10.7. The molecule has 1 fully saturated rings. The Labute approximate surface area is 176 Å². The molecule has 0 saturated carbocycles. The molecule has 0 radical (unpaired) electrons. The minimum Gasteiger partial charge on any atom is -0.461 e. The molecular formula is C21H29N5O2S. The van der Waals surface area contributed by atoms with Crippen LogP contribution in [0.2, 0.25) is 0 Å². The Balaban J connectivity index is 1.57. The predicted octanol–water partition coefficient (Wildman–Crippen LogP) is 3.67. The molecule has 4 rings (SSSR count). The van der Waals surface area contributed by atoms with E-state index in [4.69, 9.17) is 26.5 Å². The number of aryl methyl sites for hydroxylation is 1. The lowest BCUT2D eigenvalue weighted by Crippen LogP contribution is -2.38. The third-order valence-electron chi connectivity index (χ3n) is 5.42. The summed E-state index contributed by atoms with van der Waals surface area (Å²) >= 11 is 5.73. The van der Waals surface area contributed by atoms with Crippen LogP contribution in [0, 0.1) is 4.77 Å². The van der Waals surface area contributed by atoms with Crippen molar-refractivity contribution in [2.24, 2.45) is 0 Å². The van der Waals surface area contributed by atoms with Crippen molar-refractivity contribution >= 4 is 29.1 Å². The zero-order chi connectivity index (χ0) is 20.4. The number of anilines is 1. The molecule has 8 heteroatoms. The number of nitrogens with zero attached hydrogens (tertiary/aromatic N) is 5. The second-order valence-corrected chi connectivity index (χ2v) is 7.80.